The molecule has 3 heterocycles. The molecule has 9 nitrogen and oxygen atoms in total. The van der Waals surface area contributed by atoms with Gasteiger partial charge in [-0.3, -0.25) is 19.3 Å². The van der Waals surface area contributed by atoms with E-state index in [4.69, 9.17) is 5.11 Å². The summed E-state index contributed by atoms with van der Waals surface area (Å²) in [5.74, 6) is -0.839. The molecular formula is C16H19N5O4. The Morgan fingerprint density at radius 3 is 2.92 bits per heavy atom. The molecule has 1 atom stereocenters. The van der Waals surface area contributed by atoms with Gasteiger partial charge in [-0.05, 0) is 18.6 Å². The molecule has 0 bridgehead atoms. The van der Waals surface area contributed by atoms with Crippen molar-refractivity contribution in [2.75, 3.05) is 25.0 Å². The number of hydrogen-bond acceptors (Lipinski definition) is 5. The summed E-state index contributed by atoms with van der Waals surface area (Å²) in [7, 11) is 1.56. The Morgan fingerprint density at radius 2 is 2.20 bits per heavy atom. The molecule has 2 aromatic heterocycles. The van der Waals surface area contributed by atoms with E-state index in [0.29, 0.717) is 30.1 Å². The van der Waals surface area contributed by atoms with Gasteiger partial charge < -0.3 is 20.1 Å². The molecule has 1 unspecified atom stereocenters. The largest absolute Gasteiger partial charge is 0.481 e. The maximum Gasteiger partial charge on any atom is 0.303 e. The van der Waals surface area contributed by atoms with Gasteiger partial charge in [-0.1, -0.05) is 0 Å². The number of rotatable bonds is 5. The lowest BCUT2D eigenvalue weighted by atomic mass is 10.1. The first kappa shape index (κ1) is 16.9. The number of nitrogens with zero attached hydrogens (tertiary/aromatic N) is 3. The Kier molecular flexibility index (Phi) is 4.66. The topological polar surface area (TPSA) is 116 Å². The number of aliphatic carboxylic acids is 1. The summed E-state index contributed by atoms with van der Waals surface area (Å²) in [4.78, 5) is 41.0. The van der Waals surface area contributed by atoms with Crippen LogP contribution in [0.3, 0.4) is 0 Å². The second-order valence-corrected chi connectivity index (χ2v) is 5.79. The summed E-state index contributed by atoms with van der Waals surface area (Å²) in [6, 6.07) is 2.85. The lowest BCUT2D eigenvalue weighted by Crippen LogP contribution is -2.55. The van der Waals surface area contributed by atoms with Crippen molar-refractivity contribution in [3.8, 4) is 0 Å². The minimum Gasteiger partial charge on any atom is -0.481 e. The van der Waals surface area contributed by atoms with E-state index in [0.717, 1.165) is 0 Å². The predicted molar refractivity (Wildman–Crippen MR) is 89.6 cm³/mol. The second-order valence-electron chi connectivity index (χ2n) is 5.79. The zero-order valence-corrected chi connectivity index (χ0v) is 13.7. The summed E-state index contributed by atoms with van der Waals surface area (Å²) in [5.41, 5.74) is 1.11. The quantitative estimate of drug-likeness (QED) is 0.695. The fraction of sp³-hybridized carbons (Fsp3) is 0.375. The molecule has 1 aliphatic rings. The lowest BCUT2D eigenvalue weighted by molar-refractivity contribution is -0.137. The number of pyridine rings is 1. The van der Waals surface area contributed by atoms with E-state index in [1.54, 1.807) is 40.9 Å². The summed E-state index contributed by atoms with van der Waals surface area (Å²) < 4.78 is 1.70. The molecule has 0 spiro atoms. The summed E-state index contributed by atoms with van der Waals surface area (Å²) in [6.45, 7) is 1.02. The third kappa shape index (κ3) is 3.45. The molecule has 2 aromatic rings. The van der Waals surface area contributed by atoms with E-state index >= 15 is 0 Å². The van der Waals surface area contributed by atoms with Crippen LogP contribution in [0.1, 0.15) is 23.2 Å². The standard InChI is InChI=1S/C16H19N5O4/c1-17-15(24)10-2-4-12-19-13(9-20(12)8-10)21-7-6-18-11(16(21)25)3-5-14(22)23/h2,4,8-9,11,18H,3,5-7H2,1H3,(H,17,24)(H,22,23). The molecule has 132 valence electrons. The number of carbonyl (C=O) groups excluding carboxylic acids is 2. The molecule has 1 saturated heterocycles. The van der Waals surface area contributed by atoms with E-state index in [1.807, 2.05) is 0 Å². The summed E-state index contributed by atoms with van der Waals surface area (Å²) in [5, 5.41) is 14.4. The van der Waals surface area contributed by atoms with Gasteiger partial charge in [-0.15, -0.1) is 0 Å². The van der Waals surface area contributed by atoms with Crippen LogP contribution in [0, 0.1) is 0 Å². The Hall–Kier alpha value is -2.94. The molecule has 3 N–H and O–H groups in total. The van der Waals surface area contributed by atoms with E-state index in [-0.39, 0.29) is 24.7 Å². The number of amides is 2. The number of anilines is 1. The van der Waals surface area contributed by atoms with E-state index < -0.39 is 12.0 Å². The first-order valence-corrected chi connectivity index (χ1v) is 7.97. The molecule has 9 heteroatoms. The fourth-order valence-corrected chi connectivity index (χ4v) is 2.84. The van der Waals surface area contributed by atoms with Crippen molar-refractivity contribution in [1.82, 2.24) is 20.0 Å². The van der Waals surface area contributed by atoms with Crippen LogP contribution in [-0.4, -0.2) is 58.5 Å². The molecule has 0 aliphatic carbocycles. The number of imidazole rings is 1. The van der Waals surface area contributed by atoms with Crippen LogP contribution in [0.2, 0.25) is 0 Å². The maximum absolute atomic E-state index is 12.6. The molecule has 0 radical (unpaired) electrons. The highest BCUT2D eigenvalue weighted by Gasteiger charge is 2.30. The molecule has 1 aliphatic heterocycles. The lowest BCUT2D eigenvalue weighted by Gasteiger charge is -2.31. The van der Waals surface area contributed by atoms with Crippen LogP contribution in [-0.2, 0) is 9.59 Å². The summed E-state index contributed by atoms with van der Waals surface area (Å²) in [6.07, 6.45) is 3.51. The van der Waals surface area contributed by atoms with Gasteiger partial charge in [0.1, 0.15) is 5.65 Å². The highest BCUT2D eigenvalue weighted by atomic mass is 16.4. The minimum atomic E-state index is -0.929. The Balaban J connectivity index is 1.83. The minimum absolute atomic E-state index is 0.0715. The van der Waals surface area contributed by atoms with Gasteiger partial charge in [0.15, 0.2) is 5.82 Å². The van der Waals surface area contributed by atoms with Crippen LogP contribution >= 0.6 is 0 Å². The SMILES string of the molecule is CNC(=O)c1ccc2nc(N3CCNC(CCC(=O)O)C3=O)cn2c1. The average molecular weight is 345 g/mol. The van der Waals surface area contributed by atoms with Crippen molar-refractivity contribution in [2.24, 2.45) is 0 Å². The third-order valence-corrected chi connectivity index (χ3v) is 4.14. The number of fused-ring (bicyclic) bond motifs is 1. The number of piperazine rings is 1. The van der Waals surface area contributed by atoms with Crippen molar-refractivity contribution < 1.29 is 19.5 Å². The molecule has 0 saturated carbocycles. The number of hydrogen-bond donors (Lipinski definition) is 3. The predicted octanol–water partition coefficient (Wildman–Crippen LogP) is -0.136. The van der Waals surface area contributed by atoms with E-state index in [9.17, 15) is 14.4 Å². The zero-order valence-electron chi connectivity index (χ0n) is 13.7. The first-order valence-electron chi connectivity index (χ1n) is 7.97. The number of nitrogens with one attached hydrogen (secondary N) is 2. The molecule has 25 heavy (non-hydrogen) atoms. The van der Waals surface area contributed by atoms with Gasteiger partial charge in [0.2, 0.25) is 5.91 Å². The van der Waals surface area contributed by atoms with Gasteiger partial charge in [0.05, 0.1) is 17.8 Å². The normalized spacial score (nSPS) is 17.7. The first-order chi connectivity index (χ1) is 12.0. The average Bonchev–Trinajstić information content (AvgIpc) is 3.02. The molecule has 3 rings (SSSR count). The van der Waals surface area contributed by atoms with E-state index in [1.165, 1.54) is 0 Å². The fourth-order valence-electron chi connectivity index (χ4n) is 2.84. The van der Waals surface area contributed by atoms with Crippen LogP contribution in [0.5, 0.6) is 0 Å². The zero-order chi connectivity index (χ0) is 18.0. The second kappa shape index (κ2) is 6.89. The summed E-state index contributed by atoms with van der Waals surface area (Å²) >= 11 is 0. The highest BCUT2D eigenvalue weighted by molar-refractivity contribution is 5.98. The number of carboxylic acids is 1. The monoisotopic (exact) mass is 345 g/mol. The Labute approximate surface area is 143 Å². The van der Waals surface area contributed by atoms with Crippen LogP contribution in [0.4, 0.5) is 5.82 Å². The van der Waals surface area contributed by atoms with Gasteiger partial charge in [0.25, 0.3) is 5.91 Å². The number of carbonyl (C=O) groups is 3. The highest BCUT2D eigenvalue weighted by Crippen LogP contribution is 2.19. The molecular weight excluding hydrogens is 326 g/mol. The smallest absolute Gasteiger partial charge is 0.303 e. The van der Waals surface area contributed by atoms with Gasteiger partial charge in [-0.25, -0.2) is 4.98 Å². The van der Waals surface area contributed by atoms with Crippen molar-refractivity contribution in [3.63, 3.8) is 0 Å². The molecule has 0 aromatic carbocycles. The van der Waals surface area contributed by atoms with Crippen LogP contribution < -0.4 is 15.5 Å². The van der Waals surface area contributed by atoms with Crippen LogP contribution in [0.25, 0.3) is 5.65 Å². The van der Waals surface area contributed by atoms with Crippen molar-refractivity contribution in [1.29, 1.82) is 0 Å². The number of aromatic nitrogens is 2. The third-order valence-electron chi connectivity index (χ3n) is 4.14. The molecule has 1 fully saturated rings. The van der Waals surface area contributed by atoms with Crippen molar-refractivity contribution in [3.05, 3.63) is 30.1 Å². The van der Waals surface area contributed by atoms with Gasteiger partial charge in [-0.2, -0.15) is 0 Å². The Bertz CT molecular complexity index is 831. The van der Waals surface area contributed by atoms with E-state index in [2.05, 4.69) is 15.6 Å². The van der Waals surface area contributed by atoms with Gasteiger partial charge in [0, 0.05) is 32.8 Å². The maximum atomic E-state index is 12.6. The Morgan fingerprint density at radius 1 is 1.40 bits per heavy atom. The number of carboxylic acid groups (broad SMARTS) is 1. The van der Waals surface area contributed by atoms with Crippen molar-refractivity contribution in [2.45, 2.75) is 18.9 Å². The van der Waals surface area contributed by atoms with Crippen molar-refractivity contribution >= 4 is 29.2 Å². The van der Waals surface area contributed by atoms with Gasteiger partial charge >= 0.3 is 5.97 Å². The molecule has 2 amide bonds. The van der Waals surface area contributed by atoms with Crippen LogP contribution in [0.15, 0.2) is 24.5 Å².